The summed E-state index contributed by atoms with van der Waals surface area (Å²) in [5.74, 6) is 7.25. The van der Waals surface area contributed by atoms with E-state index in [1.807, 2.05) is 31.2 Å². The summed E-state index contributed by atoms with van der Waals surface area (Å²) in [7, 11) is 0. The highest BCUT2D eigenvalue weighted by molar-refractivity contribution is 6.31. The van der Waals surface area contributed by atoms with Crippen molar-refractivity contribution in [1.82, 2.24) is 9.97 Å². The largest absolute Gasteiger partial charge is 0.366 e. The maximum absolute atomic E-state index is 6.08. The van der Waals surface area contributed by atoms with Crippen molar-refractivity contribution >= 4 is 23.2 Å². The zero-order valence-corrected chi connectivity index (χ0v) is 10.7. The number of hydrogen-bond acceptors (Lipinski definition) is 5. The molecular formula is C12H14ClN5. The zero-order valence-electron chi connectivity index (χ0n) is 9.94. The van der Waals surface area contributed by atoms with Crippen LogP contribution in [0.15, 0.2) is 30.3 Å². The van der Waals surface area contributed by atoms with Gasteiger partial charge in [0.1, 0.15) is 17.5 Å². The van der Waals surface area contributed by atoms with E-state index in [-0.39, 0.29) is 0 Å². The highest BCUT2D eigenvalue weighted by atomic mass is 35.5. The third-order valence-corrected chi connectivity index (χ3v) is 2.77. The Balaban J connectivity index is 2.11. The second-order valence-electron chi connectivity index (χ2n) is 3.77. The van der Waals surface area contributed by atoms with Crippen molar-refractivity contribution in [2.24, 2.45) is 5.84 Å². The predicted molar refractivity (Wildman–Crippen MR) is 73.4 cm³/mol. The fourth-order valence-electron chi connectivity index (χ4n) is 1.56. The number of benzene rings is 1. The molecule has 0 saturated heterocycles. The Hall–Kier alpha value is -1.85. The number of halogens is 1. The molecule has 0 unspecified atom stereocenters. The summed E-state index contributed by atoms with van der Waals surface area (Å²) in [4.78, 5) is 8.38. The summed E-state index contributed by atoms with van der Waals surface area (Å²) in [5, 5.41) is 3.92. The number of hydrazine groups is 1. The molecule has 1 heterocycles. The molecule has 6 heteroatoms. The molecular weight excluding hydrogens is 250 g/mol. The number of nitrogens with one attached hydrogen (secondary N) is 2. The van der Waals surface area contributed by atoms with Gasteiger partial charge in [-0.15, -0.1) is 0 Å². The summed E-state index contributed by atoms with van der Waals surface area (Å²) in [5.41, 5.74) is 3.51. The normalized spacial score (nSPS) is 10.2. The number of aryl methyl sites for hydroxylation is 1. The van der Waals surface area contributed by atoms with E-state index in [0.29, 0.717) is 24.0 Å². The minimum atomic E-state index is 0.573. The van der Waals surface area contributed by atoms with Crippen molar-refractivity contribution in [3.8, 4) is 0 Å². The number of anilines is 2. The molecule has 0 bridgehead atoms. The number of nitrogen functional groups attached to an aromatic ring is 1. The van der Waals surface area contributed by atoms with E-state index in [1.165, 1.54) is 0 Å². The topological polar surface area (TPSA) is 75.9 Å². The number of rotatable bonds is 4. The Morgan fingerprint density at radius 1 is 1.22 bits per heavy atom. The maximum atomic E-state index is 6.08. The van der Waals surface area contributed by atoms with Gasteiger partial charge in [0.05, 0.1) is 0 Å². The molecule has 5 nitrogen and oxygen atoms in total. The predicted octanol–water partition coefficient (Wildman–Crippen LogP) is 2.34. The molecule has 2 aromatic rings. The SMILES string of the molecule is Cc1nc(NN)cc(NCc2ccccc2Cl)n1. The van der Waals surface area contributed by atoms with E-state index in [0.717, 1.165) is 10.6 Å². The smallest absolute Gasteiger partial charge is 0.145 e. The van der Waals surface area contributed by atoms with Gasteiger partial charge in [-0.1, -0.05) is 29.8 Å². The van der Waals surface area contributed by atoms with Crippen molar-refractivity contribution in [1.29, 1.82) is 0 Å². The monoisotopic (exact) mass is 263 g/mol. The molecule has 0 atom stereocenters. The molecule has 0 radical (unpaired) electrons. The van der Waals surface area contributed by atoms with Gasteiger partial charge in [0.15, 0.2) is 0 Å². The van der Waals surface area contributed by atoms with Gasteiger partial charge in [0.25, 0.3) is 0 Å². The molecule has 2 rings (SSSR count). The van der Waals surface area contributed by atoms with Gasteiger partial charge in [-0.05, 0) is 18.6 Å². The molecule has 0 aliphatic carbocycles. The van der Waals surface area contributed by atoms with Gasteiger partial charge in [-0.25, -0.2) is 15.8 Å². The van der Waals surface area contributed by atoms with E-state index in [2.05, 4.69) is 20.7 Å². The van der Waals surface area contributed by atoms with Crippen LogP contribution in [0.5, 0.6) is 0 Å². The van der Waals surface area contributed by atoms with Gasteiger partial charge in [0, 0.05) is 17.6 Å². The highest BCUT2D eigenvalue weighted by Crippen LogP contribution is 2.17. The average Bonchev–Trinajstić information content (AvgIpc) is 2.37. The second-order valence-corrected chi connectivity index (χ2v) is 4.18. The molecule has 1 aromatic carbocycles. The van der Waals surface area contributed by atoms with Crippen LogP contribution < -0.4 is 16.6 Å². The van der Waals surface area contributed by atoms with Crippen molar-refractivity contribution in [2.75, 3.05) is 10.7 Å². The van der Waals surface area contributed by atoms with Crippen LogP contribution in [-0.4, -0.2) is 9.97 Å². The third kappa shape index (κ3) is 3.09. The number of nitrogens with two attached hydrogens (primary N) is 1. The second kappa shape index (κ2) is 5.66. The van der Waals surface area contributed by atoms with Crippen LogP contribution in [0.3, 0.4) is 0 Å². The molecule has 0 spiro atoms. The van der Waals surface area contributed by atoms with Crippen LogP contribution in [0.4, 0.5) is 11.6 Å². The van der Waals surface area contributed by atoms with E-state index in [4.69, 9.17) is 17.4 Å². The van der Waals surface area contributed by atoms with E-state index < -0.39 is 0 Å². The lowest BCUT2D eigenvalue weighted by atomic mass is 10.2. The average molecular weight is 264 g/mol. The maximum Gasteiger partial charge on any atom is 0.145 e. The van der Waals surface area contributed by atoms with E-state index in [9.17, 15) is 0 Å². The Morgan fingerprint density at radius 3 is 2.67 bits per heavy atom. The summed E-state index contributed by atoms with van der Waals surface area (Å²) in [6, 6.07) is 9.41. The molecule has 0 saturated carbocycles. The zero-order chi connectivity index (χ0) is 13.0. The van der Waals surface area contributed by atoms with Gasteiger partial charge in [-0.2, -0.15) is 0 Å². The van der Waals surface area contributed by atoms with Crippen LogP contribution in [0.1, 0.15) is 11.4 Å². The molecule has 0 amide bonds. The highest BCUT2D eigenvalue weighted by Gasteiger charge is 2.02. The van der Waals surface area contributed by atoms with Crippen molar-refractivity contribution in [3.63, 3.8) is 0 Å². The molecule has 0 fully saturated rings. The quantitative estimate of drug-likeness (QED) is 0.583. The fraction of sp³-hybridized carbons (Fsp3) is 0.167. The lowest BCUT2D eigenvalue weighted by Crippen LogP contribution is -2.11. The lowest BCUT2D eigenvalue weighted by molar-refractivity contribution is 1.02. The standard InChI is InChI=1S/C12H14ClN5/c1-8-16-11(6-12(17-8)18-14)15-7-9-4-2-3-5-10(9)13/h2-6H,7,14H2,1H3,(H2,15,16,17,18). The number of nitrogens with zero attached hydrogens (tertiary/aromatic N) is 2. The minimum absolute atomic E-state index is 0.573. The molecule has 1 aromatic heterocycles. The van der Waals surface area contributed by atoms with Gasteiger partial charge < -0.3 is 10.7 Å². The first kappa shape index (κ1) is 12.6. The van der Waals surface area contributed by atoms with Gasteiger partial charge in [0.2, 0.25) is 0 Å². The van der Waals surface area contributed by atoms with Crippen LogP contribution in [-0.2, 0) is 6.54 Å². The summed E-state index contributed by atoms with van der Waals surface area (Å²) in [6.07, 6.45) is 0. The van der Waals surface area contributed by atoms with Crippen LogP contribution in [0.2, 0.25) is 5.02 Å². The summed E-state index contributed by atoms with van der Waals surface area (Å²) < 4.78 is 0. The fourth-order valence-corrected chi connectivity index (χ4v) is 1.76. The Labute approximate surface area is 110 Å². The molecule has 4 N–H and O–H groups in total. The molecule has 18 heavy (non-hydrogen) atoms. The van der Waals surface area contributed by atoms with Gasteiger partial charge >= 0.3 is 0 Å². The number of hydrogen-bond donors (Lipinski definition) is 3. The molecule has 94 valence electrons. The first-order valence-electron chi connectivity index (χ1n) is 5.48. The third-order valence-electron chi connectivity index (χ3n) is 2.40. The van der Waals surface area contributed by atoms with Gasteiger partial charge in [-0.3, -0.25) is 0 Å². The van der Waals surface area contributed by atoms with Crippen molar-refractivity contribution in [3.05, 3.63) is 46.7 Å². The Bertz CT molecular complexity index is 544. The molecule has 0 aliphatic rings. The first-order valence-corrected chi connectivity index (χ1v) is 5.86. The van der Waals surface area contributed by atoms with Crippen molar-refractivity contribution in [2.45, 2.75) is 13.5 Å². The molecule has 0 aliphatic heterocycles. The van der Waals surface area contributed by atoms with E-state index in [1.54, 1.807) is 6.07 Å². The Morgan fingerprint density at radius 2 is 1.94 bits per heavy atom. The van der Waals surface area contributed by atoms with Crippen LogP contribution in [0.25, 0.3) is 0 Å². The first-order chi connectivity index (χ1) is 8.69. The van der Waals surface area contributed by atoms with Crippen molar-refractivity contribution < 1.29 is 0 Å². The van der Waals surface area contributed by atoms with Crippen LogP contribution >= 0.6 is 11.6 Å². The van der Waals surface area contributed by atoms with E-state index >= 15 is 0 Å². The van der Waals surface area contributed by atoms with Crippen LogP contribution in [0, 0.1) is 6.92 Å². The lowest BCUT2D eigenvalue weighted by Gasteiger charge is -2.09. The minimum Gasteiger partial charge on any atom is -0.366 e. The number of aromatic nitrogens is 2. The Kier molecular flexibility index (Phi) is 3.96. The summed E-state index contributed by atoms with van der Waals surface area (Å²) >= 11 is 6.08. The summed E-state index contributed by atoms with van der Waals surface area (Å²) in [6.45, 7) is 2.40.